The van der Waals surface area contributed by atoms with Crippen LogP contribution in [0.5, 0.6) is 5.75 Å². The summed E-state index contributed by atoms with van der Waals surface area (Å²) in [5, 5.41) is 7.16. The van der Waals surface area contributed by atoms with E-state index in [1.165, 1.54) is 5.56 Å². The van der Waals surface area contributed by atoms with Gasteiger partial charge in [0.1, 0.15) is 23.8 Å². The van der Waals surface area contributed by atoms with Gasteiger partial charge in [-0.3, -0.25) is 0 Å². The third kappa shape index (κ3) is 3.21. The number of hydrogen-bond acceptors (Lipinski definition) is 4. The fourth-order valence-electron chi connectivity index (χ4n) is 3.54. The van der Waals surface area contributed by atoms with E-state index in [9.17, 15) is 4.79 Å². The second-order valence-corrected chi connectivity index (χ2v) is 6.79. The number of urea groups is 1. The smallest absolute Gasteiger partial charge is 0.318 e. The second-order valence-electron chi connectivity index (χ2n) is 6.79. The maximum Gasteiger partial charge on any atom is 0.318 e. The molecule has 2 heterocycles. The summed E-state index contributed by atoms with van der Waals surface area (Å²) in [7, 11) is 0. The first-order valence-electron chi connectivity index (χ1n) is 8.94. The Labute approximate surface area is 147 Å². The minimum Gasteiger partial charge on any atom is -0.491 e. The largest absolute Gasteiger partial charge is 0.491 e. The summed E-state index contributed by atoms with van der Waals surface area (Å²) in [6.45, 7) is 3.44. The van der Waals surface area contributed by atoms with Gasteiger partial charge in [-0.2, -0.15) is 0 Å². The molecule has 25 heavy (non-hydrogen) atoms. The molecule has 2 aromatic rings. The van der Waals surface area contributed by atoms with Crippen molar-refractivity contribution in [3.05, 3.63) is 46.8 Å². The number of hydrogen-bond donors (Lipinski definition) is 1. The third-order valence-electron chi connectivity index (χ3n) is 5.02. The Balaban J connectivity index is 1.44. The lowest BCUT2D eigenvalue weighted by atomic mass is 9.96. The average molecular weight is 341 g/mol. The van der Waals surface area contributed by atoms with Gasteiger partial charge in [0.2, 0.25) is 0 Å². The second kappa shape index (κ2) is 6.78. The molecule has 1 N–H and O–H groups in total. The topological polar surface area (TPSA) is 67.6 Å². The molecule has 0 fully saturated rings. The van der Waals surface area contributed by atoms with E-state index in [1.807, 2.05) is 36.1 Å². The average Bonchev–Trinajstić information content (AvgIpc) is 2.98. The van der Waals surface area contributed by atoms with Crippen molar-refractivity contribution in [1.29, 1.82) is 0 Å². The molecule has 0 bridgehead atoms. The van der Waals surface area contributed by atoms with Gasteiger partial charge >= 0.3 is 6.03 Å². The Morgan fingerprint density at radius 3 is 3.08 bits per heavy atom. The number of ether oxygens (including phenoxy) is 1. The molecule has 1 unspecified atom stereocenters. The summed E-state index contributed by atoms with van der Waals surface area (Å²) < 4.78 is 11.2. The van der Waals surface area contributed by atoms with Crippen LogP contribution in [0, 0.1) is 0 Å². The van der Waals surface area contributed by atoms with Gasteiger partial charge in [-0.05, 0) is 32.3 Å². The standard InChI is InChI=1S/C19H23N3O3/c1-13-12-24-17-8-4-2-6-14(17)11-22(13)19(23)20-10-16-15-7-3-5-9-18(15)25-21-16/h2,4,6,8,13H,3,5,7,9-12H2,1H3,(H,20,23). The van der Waals surface area contributed by atoms with Crippen molar-refractivity contribution < 1.29 is 14.1 Å². The highest BCUT2D eigenvalue weighted by Crippen LogP contribution is 2.26. The molecular weight excluding hydrogens is 318 g/mol. The van der Waals surface area contributed by atoms with Crippen LogP contribution in [-0.2, 0) is 25.9 Å². The van der Waals surface area contributed by atoms with Crippen molar-refractivity contribution in [2.24, 2.45) is 0 Å². The molecule has 6 nitrogen and oxygen atoms in total. The number of aryl methyl sites for hydroxylation is 1. The quantitative estimate of drug-likeness (QED) is 0.912. The molecule has 0 saturated heterocycles. The van der Waals surface area contributed by atoms with E-state index in [-0.39, 0.29) is 12.1 Å². The lowest BCUT2D eigenvalue weighted by molar-refractivity contribution is 0.156. The van der Waals surface area contributed by atoms with Crippen molar-refractivity contribution in [3.63, 3.8) is 0 Å². The van der Waals surface area contributed by atoms with Crippen LogP contribution >= 0.6 is 0 Å². The molecule has 2 amide bonds. The molecule has 0 spiro atoms. The zero-order valence-electron chi connectivity index (χ0n) is 14.5. The molecule has 1 aliphatic heterocycles. The van der Waals surface area contributed by atoms with Gasteiger partial charge in [0.15, 0.2) is 0 Å². The van der Waals surface area contributed by atoms with Crippen LogP contribution in [0.4, 0.5) is 4.79 Å². The van der Waals surface area contributed by atoms with Gasteiger partial charge in [-0.15, -0.1) is 0 Å². The van der Waals surface area contributed by atoms with Gasteiger partial charge in [0.05, 0.1) is 19.1 Å². The van der Waals surface area contributed by atoms with E-state index < -0.39 is 0 Å². The minimum absolute atomic E-state index is 0.00127. The first-order chi connectivity index (χ1) is 12.2. The molecular formula is C19H23N3O3. The van der Waals surface area contributed by atoms with Gasteiger partial charge in [-0.25, -0.2) is 4.79 Å². The Morgan fingerprint density at radius 2 is 2.16 bits per heavy atom. The fraction of sp³-hybridized carbons (Fsp3) is 0.474. The van der Waals surface area contributed by atoms with Crippen molar-refractivity contribution in [3.8, 4) is 5.75 Å². The molecule has 0 radical (unpaired) electrons. The summed E-state index contributed by atoms with van der Waals surface area (Å²) >= 11 is 0. The molecule has 4 rings (SSSR count). The predicted molar refractivity (Wildman–Crippen MR) is 92.3 cm³/mol. The van der Waals surface area contributed by atoms with E-state index in [1.54, 1.807) is 0 Å². The number of amides is 2. The van der Waals surface area contributed by atoms with Gasteiger partial charge < -0.3 is 19.5 Å². The van der Waals surface area contributed by atoms with E-state index >= 15 is 0 Å². The summed E-state index contributed by atoms with van der Waals surface area (Å²) in [6.07, 6.45) is 4.25. The van der Waals surface area contributed by atoms with Crippen LogP contribution in [0.15, 0.2) is 28.8 Å². The van der Waals surface area contributed by atoms with Crippen molar-refractivity contribution in [2.45, 2.75) is 51.7 Å². The first-order valence-corrected chi connectivity index (χ1v) is 8.94. The van der Waals surface area contributed by atoms with E-state index in [2.05, 4.69) is 10.5 Å². The molecule has 1 atom stereocenters. The number of nitrogens with zero attached hydrogens (tertiary/aromatic N) is 2. The summed E-state index contributed by atoms with van der Waals surface area (Å²) in [5.74, 6) is 1.84. The van der Waals surface area contributed by atoms with Gasteiger partial charge in [-0.1, -0.05) is 23.4 Å². The number of benzene rings is 1. The maximum atomic E-state index is 12.7. The zero-order valence-corrected chi connectivity index (χ0v) is 14.5. The molecule has 132 valence electrons. The van der Waals surface area contributed by atoms with Crippen LogP contribution in [0.25, 0.3) is 0 Å². The lowest BCUT2D eigenvalue weighted by Gasteiger charge is -2.26. The summed E-state index contributed by atoms with van der Waals surface area (Å²) in [5.41, 5.74) is 3.08. The van der Waals surface area contributed by atoms with Crippen LogP contribution in [0.1, 0.15) is 42.3 Å². The number of carbonyl (C=O) groups excluding carboxylic acids is 1. The predicted octanol–water partition coefficient (Wildman–Crippen LogP) is 3.05. The van der Waals surface area contributed by atoms with E-state index in [0.717, 1.165) is 48.5 Å². The number of fused-ring (bicyclic) bond motifs is 2. The van der Waals surface area contributed by atoms with Crippen LogP contribution in [0.3, 0.4) is 0 Å². The Morgan fingerprint density at radius 1 is 1.32 bits per heavy atom. The maximum absolute atomic E-state index is 12.7. The Bertz CT molecular complexity index is 771. The highest BCUT2D eigenvalue weighted by molar-refractivity contribution is 5.74. The van der Waals surface area contributed by atoms with Crippen molar-refractivity contribution in [2.75, 3.05) is 6.61 Å². The number of aromatic nitrogens is 1. The number of para-hydroxylation sites is 1. The summed E-state index contributed by atoms with van der Waals surface area (Å²) in [4.78, 5) is 14.6. The molecule has 6 heteroatoms. The molecule has 1 aromatic carbocycles. The van der Waals surface area contributed by atoms with Crippen molar-refractivity contribution in [1.82, 2.24) is 15.4 Å². The van der Waals surface area contributed by atoms with Crippen LogP contribution in [-0.4, -0.2) is 28.7 Å². The van der Waals surface area contributed by atoms with E-state index in [0.29, 0.717) is 19.7 Å². The highest BCUT2D eigenvalue weighted by atomic mass is 16.5. The monoisotopic (exact) mass is 341 g/mol. The normalized spacial score (nSPS) is 19.4. The SMILES string of the molecule is CC1COc2ccccc2CN1C(=O)NCc1noc2c1CCCC2. The first kappa shape index (κ1) is 16.0. The summed E-state index contributed by atoms with van der Waals surface area (Å²) in [6, 6.07) is 7.77. The van der Waals surface area contributed by atoms with Gasteiger partial charge in [0, 0.05) is 17.5 Å². The molecule has 2 aliphatic rings. The van der Waals surface area contributed by atoms with E-state index in [4.69, 9.17) is 9.26 Å². The van der Waals surface area contributed by atoms with Crippen molar-refractivity contribution >= 4 is 6.03 Å². The number of nitrogens with one attached hydrogen (secondary N) is 1. The zero-order chi connectivity index (χ0) is 17.2. The number of carbonyl (C=O) groups is 1. The molecule has 1 aliphatic carbocycles. The Hall–Kier alpha value is -2.50. The fourth-order valence-corrected chi connectivity index (χ4v) is 3.54. The van der Waals surface area contributed by atoms with Crippen LogP contribution in [0.2, 0.25) is 0 Å². The molecule has 1 aromatic heterocycles. The van der Waals surface area contributed by atoms with Gasteiger partial charge in [0.25, 0.3) is 0 Å². The Kier molecular flexibility index (Phi) is 4.34. The third-order valence-corrected chi connectivity index (χ3v) is 5.02. The molecule has 0 saturated carbocycles. The minimum atomic E-state index is -0.0969. The number of rotatable bonds is 2. The highest BCUT2D eigenvalue weighted by Gasteiger charge is 2.26. The van der Waals surface area contributed by atoms with Crippen LogP contribution < -0.4 is 10.1 Å². The lowest BCUT2D eigenvalue weighted by Crippen LogP contribution is -2.45.